The van der Waals surface area contributed by atoms with Gasteiger partial charge in [-0.3, -0.25) is 0 Å². The summed E-state index contributed by atoms with van der Waals surface area (Å²) < 4.78 is 52.0. The molecule has 2 heterocycles. The second-order valence-corrected chi connectivity index (χ2v) is 15.1. The number of benzene rings is 2. The number of halogens is 1. The Morgan fingerprint density at radius 2 is 1.56 bits per heavy atom. The maximum atomic E-state index is 13.5. The van der Waals surface area contributed by atoms with Crippen molar-refractivity contribution in [2.75, 3.05) is 14.2 Å². The van der Waals surface area contributed by atoms with Gasteiger partial charge in [-0.15, -0.1) is 11.3 Å². The molecule has 9 heteroatoms. The highest BCUT2D eigenvalue weighted by Gasteiger charge is 2.60. The Balaban J connectivity index is 1.55. The van der Waals surface area contributed by atoms with Crippen molar-refractivity contribution in [3.63, 3.8) is 0 Å². The van der Waals surface area contributed by atoms with Crippen molar-refractivity contribution in [2.45, 2.75) is 73.0 Å². The number of hydrogen-bond donors (Lipinski definition) is 0. The lowest BCUT2D eigenvalue weighted by Crippen LogP contribution is -2.57. The van der Waals surface area contributed by atoms with Crippen LogP contribution in [0.4, 0.5) is 0 Å². The fourth-order valence-corrected chi connectivity index (χ4v) is 10.2. The van der Waals surface area contributed by atoms with Crippen LogP contribution in [-0.2, 0) is 21.1 Å². The molecule has 1 spiro atoms. The van der Waals surface area contributed by atoms with E-state index in [0.717, 1.165) is 70.7 Å². The van der Waals surface area contributed by atoms with Crippen LogP contribution in [-0.4, -0.2) is 22.6 Å². The predicted octanol–water partition coefficient (Wildman–Crippen LogP) is 7.98. The quantitative estimate of drug-likeness (QED) is 0.257. The number of methoxy groups -OCH3 is 2. The summed E-state index contributed by atoms with van der Waals surface area (Å²) in [4.78, 5) is 0. The molecule has 6 nitrogen and oxygen atoms in total. The molecular weight excluding hydrogens is 600 g/mol. The van der Waals surface area contributed by atoms with Crippen LogP contribution in [0, 0.1) is 5.92 Å². The minimum atomic E-state index is -4.07. The van der Waals surface area contributed by atoms with E-state index in [1.165, 1.54) is 24.8 Å². The zero-order chi connectivity index (χ0) is 27.3. The van der Waals surface area contributed by atoms with Crippen molar-refractivity contribution >= 4 is 37.4 Å². The molecule has 3 aliphatic rings. The number of rotatable bonds is 6. The summed E-state index contributed by atoms with van der Waals surface area (Å²) in [5.74, 6) is 2.57. The molecule has 208 valence electrons. The van der Waals surface area contributed by atoms with Gasteiger partial charge >= 0.3 is 10.1 Å². The molecule has 2 atom stereocenters. The highest BCUT2D eigenvalue weighted by molar-refractivity contribution is 9.11. The Labute approximate surface area is 242 Å². The second kappa shape index (κ2) is 10.3. The largest absolute Gasteiger partial charge is 0.497 e. The third kappa shape index (κ3) is 4.54. The van der Waals surface area contributed by atoms with Crippen LogP contribution in [0.5, 0.6) is 23.0 Å². The first-order valence-corrected chi connectivity index (χ1v) is 16.6. The molecule has 0 amide bonds. The summed E-state index contributed by atoms with van der Waals surface area (Å²) in [6, 6.07) is 15.0. The lowest BCUT2D eigenvalue weighted by molar-refractivity contribution is -0.0956. The van der Waals surface area contributed by atoms with Crippen LogP contribution < -0.4 is 18.4 Å². The minimum Gasteiger partial charge on any atom is -0.497 e. The zero-order valence-electron chi connectivity index (χ0n) is 22.2. The minimum absolute atomic E-state index is 0.0484. The van der Waals surface area contributed by atoms with Gasteiger partial charge in [0.25, 0.3) is 0 Å². The standard InChI is InChI=1S/C30H33BrO6S2/c1-34-20-9-11-22-24(18-20)36-30(17-7-4-8-26(30)29(22)15-5-3-6-16-29)23-12-10-21(35-2)19-25(23)37-39(32,33)28-14-13-27(31)38-28/h9-14,18-19,26H,3-8,15-17H2,1-2H3/t26-,30-/m0/s1. The van der Waals surface area contributed by atoms with E-state index in [9.17, 15) is 8.42 Å². The van der Waals surface area contributed by atoms with Gasteiger partial charge in [0.05, 0.1) is 18.0 Å². The van der Waals surface area contributed by atoms with Crippen molar-refractivity contribution in [2.24, 2.45) is 5.92 Å². The fourth-order valence-electron chi connectivity index (χ4n) is 7.31. The molecule has 2 aliphatic carbocycles. The highest BCUT2D eigenvalue weighted by Crippen LogP contribution is 2.64. The molecular formula is C30H33BrO6S2. The molecule has 3 aromatic rings. The number of thiophene rings is 1. The zero-order valence-corrected chi connectivity index (χ0v) is 25.4. The first-order valence-electron chi connectivity index (χ1n) is 13.6. The van der Waals surface area contributed by atoms with Gasteiger partial charge in [-0.25, -0.2) is 0 Å². The Morgan fingerprint density at radius 3 is 2.26 bits per heavy atom. The smallest absolute Gasteiger partial charge is 0.348 e. The van der Waals surface area contributed by atoms with E-state index in [2.05, 4.69) is 22.0 Å². The molecule has 39 heavy (non-hydrogen) atoms. The van der Waals surface area contributed by atoms with Crippen molar-refractivity contribution in [1.29, 1.82) is 0 Å². The van der Waals surface area contributed by atoms with Gasteiger partial charge in [0, 0.05) is 34.6 Å². The molecule has 1 aliphatic heterocycles. The van der Waals surface area contributed by atoms with Crippen LogP contribution in [0.3, 0.4) is 0 Å². The summed E-state index contributed by atoms with van der Waals surface area (Å²) in [6.07, 6.45) is 9.67. The number of ether oxygens (including phenoxy) is 3. The molecule has 6 rings (SSSR count). The van der Waals surface area contributed by atoms with E-state index in [4.69, 9.17) is 18.4 Å². The summed E-state index contributed by atoms with van der Waals surface area (Å²) in [6.45, 7) is 0. The second-order valence-electron chi connectivity index (χ2n) is 10.8. The molecule has 2 saturated carbocycles. The predicted molar refractivity (Wildman–Crippen MR) is 155 cm³/mol. The van der Waals surface area contributed by atoms with Gasteiger partial charge in [-0.05, 0) is 78.4 Å². The van der Waals surface area contributed by atoms with Gasteiger partial charge in [0.2, 0.25) is 0 Å². The Kier molecular flexibility index (Phi) is 7.13. The van der Waals surface area contributed by atoms with Crippen molar-refractivity contribution < 1.29 is 26.8 Å². The summed E-state index contributed by atoms with van der Waals surface area (Å²) >= 11 is 4.50. The monoisotopic (exact) mass is 632 g/mol. The van der Waals surface area contributed by atoms with Crippen LogP contribution in [0.15, 0.2) is 56.5 Å². The Bertz CT molecular complexity index is 1480. The number of hydrogen-bond acceptors (Lipinski definition) is 7. The highest BCUT2D eigenvalue weighted by atomic mass is 79.9. The molecule has 0 unspecified atom stereocenters. The molecule has 0 N–H and O–H groups in total. The molecule has 0 bridgehead atoms. The van der Waals surface area contributed by atoms with Crippen molar-refractivity contribution in [3.05, 3.63) is 63.4 Å². The lowest BCUT2D eigenvalue weighted by Gasteiger charge is -2.58. The van der Waals surface area contributed by atoms with E-state index in [-0.39, 0.29) is 21.3 Å². The van der Waals surface area contributed by atoms with Gasteiger partial charge in [-0.2, -0.15) is 8.42 Å². The fraction of sp³-hybridized carbons (Fsp3) is 0.467. The van der Waals surface area contributed by atoms with Crippen molar-refractivity contribution in [1.82, 2.24) is 0 Å². The lowest BCUT2D eigenvalue weighted by atomic mass is 9.51. The topological polar surface area (TPSA) is 71.1 Å². The third-order valence-corrected chi connectivity index (χ3v) is 12.2. The van der Waals surface area contributed by atoms with Gasteiger partial charge in [0.1, 0.15) is 22.8 Å². The number of fused-ring (bicyclic) bond motifs is 4. The van der Waals surface area contributed by atoms with E-state index < -0.39 is 15.7 Å². The van der Waals surface area contributed by atoms with Crippen LogP contribution in [0.25, 0.3) is 0 Å². The van der Waals surface area contributed by atoms with E-state index in [1.807, 2.05) is 24.3 Å². The third-order valence-electron chi connectivity index (χ3n) is 8.92. The first kappa shape index (κ1) is 27.0. The van der Waals surface area contributed by atoms with Gasteiger partial charge in [0.15, 0.2) is 9.96 Å². The molecule has 0 saturated heterocycles. The molecule has 2 aromatic carbocycles. The molecule has 0 radical (unpaired) electrons. The maximum absolute atomic E-state index is 13.5. The average molecular weight is 634 g/mol. The summed E-state index contributed by atoms with van der Waals surface area (Å²) in [7, 11) is -0.826. The summed E-state index contributed by atoms with van der Waals surface area (Å²) in [5, 5.41) is 0. The normalized spacial score (nSPS) is 23.8. The van der Waals surface area contributed by atoms with Crippen molar-refractivity contribution in [3.8, 4) is 23.0 Å². The van der Waals surface area contributed by atoms with E-state index >= 15 is 0 Å². The van der Waals surface area contributed by atoms with Crippen LogP contribution in [0.1, 0.15) is 68.9 Å². The van der Waals surface area contributed by atoms with Crippen LogP contribution in [0.2, 0.25) is 0 Å². The SMILES string of the molecule is COc1ccc2c(c1)O[C@]1(c3ccc(OC)cc3OS(=O)(=O)c3ccc(Br)s3)CCCC[C@H]1C21CCCCC1. The van der Waals surface area contributed by atoms with Crippen LogP contribution >= 0.6 is 27.3 Å². The summed E-state index contributed by atoms with van der Waals surface area (Å²) in [5.41, 5.74) is 1.25. The van der Waals surface area contributed by atoms with E-state index in [1.54, 1.807) is 32.4 Å². The first-order chi connectivity index (χ1) is 18.8. The molecule has 1 aromatic heterocycles. The van der Waals surface area contributed by atoms with Gasteiger partial charge < -0.3 is 18.4 Å². The van der Waals surface area contributed by atoms with Gasteiger partial charge in [-0.1, -0.05) is 31.7 Å². The average Bonchev–Trinajstić information content (AvgIpc) is 3.40. The molecule has 2 fully saturated rings. The Hall–Kier alpha value is -2.23. The maximum Gasteiger partial charge on any atom is 0.348 e. The Morgan fingerprint density at radius 1 is 0.872 bits per heavy atom. The van der Waals surface area contributed by atoms with E-state index in [0.29, 0.717) is 5.75 Å².